The maximum Gasteiger partial charge on any atom is 0.253 e. The molecule has 1 aliphatic rings. The Bertz CT molecular complexity index is 516. The molecule has 0 saturated carbocycles. The number of piperidine rings is 1. The lowest BCUT2D eigenvalue weighted by atomic mass is 10.0. The van der Waals surface area contributed by atoms with Crippen LogP contribution in [0.2, 0.25) is 0 Å². The highest BCUT2D eigenvalue weighted by Gasteiger charge is 2.23. The van der Waals surface area contributed by atoms with E-state index in [0.29, 0.717) is 17.3 Å². The predicted octanol–water partition coefficient (Wildman–Crippen LogP) is 1.86. The molecule has 1 heterocycles. The molecular formula is C16H23N3O2. The van der Waals surface area contributed by atoms with Gasteiger partial charge in [0.2, 0.25) is 5.91 Å². The molecule has 0 bridgehead atoms. The van der Waals surface area contributed by atoms with Crippen LogP contribution in [0.5, 0.6) is 0 Å². The van der Waals surface area contributed by atoms with Gasteiger partial charge in [-0.3, -0.25) is 9.59 Å². The van der Waals surface area contributed by atoms with Gasteiger partial charge >= 0.3 is 0 Å². The van der Waals surface area contributed by atoms with Crippen LogP contribution in [-0.2, 0) is 4.79 Å². The Balaban J connectivity index is 1.99. The fourth-order valence-corrected chi connectivity index (χ4v) is 2.71. The van der Waals surface area contributed by atoms with E-state index in [9.17, 15) is 9.59 Å². The van der Waals surface area contributed by atoms with E-state index in [-0.39, 0.29) is 18.4 Å². The molecule has 0 aromatic heterocycles. The maximum atomic E-state index is 12.3. The third-order valence-corrected chi connectivity index (χ3v) is 3.95. The zero-order valence-corrected chi connectivity index (χ0v) is 12.7. The third-order valence-electron chi connectivity index (χ3n) is 3.95. The monoisotopic (exact) mass is 289 g/mol. The number of nitrogens with one attached hydrogen (secondary N) is 2. The quantitative estimate of drug-likeness (QED) is 0.889. The first-order chi connectivity index (χ1) is 10.1. The first-order valence-corrected chi connectivity index (χ1v) is 7.48. The molecule has 1 atom stereocenters. The molecule has 1 aromatic carbocycles. The van der Waals surface area contributed by atoms with Crippen molar-refractivity contribution >= 4 is 17.5 Å². The van der Waals surface area contributed by atoms with Gasteiger partial charge in [-0.2, -0.15) is 0 Å². The lowest BCUT2D eigenvalue weighted by Crippen LogP contribution is -2.44. The van der Waals surface area contributed by atoms with E-state index in [1.54, 1.807) is 13.1 Å². The molecule has 2 N–H and O–H groups in total. The molecule has 1 aromatic rings. The van der Waals surface area contributed by atoms with Gasteiger partial charge in [-0.05, 0) is 38.3 Å². The molecule has 2 rings (SSSR count). The molecule has 0 aliphatic carbocycles. The molecular weight excluding hydrogens is 266 g/mol. The molecule has 1 aliphatic heterocycles. The van der Waals surface area contributed by atoms with Crippen LogP contribution < -0.4 is 10.6 Å². The Morgan fingerprint density at radius 2 is 2.05 bits per heavy atom. The molecule has 1 unspecified atom stereocenters. The molecule has 1 fully saturated rings. The molecule has 5 nitrogen and oxygen atoms in total. The Hall–Kier alpha value is -2.04. The molecule has 0 spiro atoms. The van der Waals surface area contributed by atoms with Crippen LogP contribution in [0.15, 0.2) is 24.3 Å². The van der Waals surface area contributed by atoms with Gasteiger partial charge < -0.3 is 15.5 Å². The number of carbonyl (C=O) groups is 2. The minimum Gasteiger partial charge on any atom is -0.376 e. The van der Waals surface area contributed by atoms with Crippen LogP contribution in [0.25, 0.3) is 0 Å². The first-order valence-electron chi connectivity index (χ1n) is 7.48. The van der Waals surface area contributed by atoms with Crippen molar-refractivity contribution < 1.29 is 9.59 Å². The van der Waals surface area contributed by atoms with Crippen LogP contribution in [-0.4, -0.2) is 42.9 Å². The van der Waals surface area contributed by atoms with Gasteiger partial charge in [0.15, 0.2) is 0 Å². The van der Waals surface area contributed by atoms with Gasteiger partial charge in [-0.1, -0.05) is 12.1 Å². The fraction of sp³-hybridized carbons (Fsp3) is 0.500. The summed E-state index contributed by atoms with van der Waals surface area (Å²) in [6.07, 6.45) is 3.34. The summed E-state index contributed by atoms with van der Waals surface area (Å²) < 4.78 is 0. The summed E-state index contributed by atoms with van der Waals surface area (Å²) in [5.41, 5.74) is 1.24. The van der Waals surface area contributed by atoms with Crippen LogP contribution in [0, 0.1) is 0 Å². The topological polar surface area (TPSA) is 61.4 Å². The highest BCUT2D eigenvalue weighted by molar-refractivity contribution is 5.99. The normalized spacial score (nSPS) is 18.2. The van der Waals surface area contributed by atoms with E-state index in [2.05, 4.69) is 17.6 Å². The van der Waals surface area contributed by atoms with Crippen LogP contribution in [0.3, 0.4) is 0 Å². The van der Waals surface area contributed by atoms with E-state index < -0.39 is 0 Å². The van der Waals surface area contributed by atoms with Gasteiger partial charge in [0.05, 0.1) is 12.1 Å². The van der Waals surface area contributed by atoms with E-state index >= 15 is 0 Å². The van der Waals surface area contributed by atoms with E-state index in [4.69, 9.17) is 0 Å². The number of para-hydroxylation sites is 1. The van der Waals surface area contributed by atoms with E-state index in [1.807, 2.05) is 23.1 Å². The lowest BCUT2D eigenvalue weighted by molar-refractivity contribution is -0.132. The van der Waals surface area contributed by atoms with Crippen molar-refractivity contribution in [2.45, 2.75) is 32.2 Å². The van der Waals surface area contributed by atoms with E-state index in [1.165, 1.54) is 6.42 Å². The standard InChI is InChI=1S/C16H23N3O2/c1-12-7-5-6-10-19(12)15(20)11-18-14-9-4-3-8-13(14)16(21)17-2/h3-4,8-9,12,18H,5-7,10-11H2,1-2H3,(H,17,21). The number of carbonyl (C=O) groups excluding carboxylic acids is 2. The largest absolute Gasteiger partial charge is 0.376 e. The number of hydrogen-bond donors (Lipinski definition) is 2. The molecule has 1 saturated heterocycles. The summed E-state index contributed by atoms with van der Waals surface area (Å²) >= 11 is 0. The minimum atomic E-state index is -0.156. The van der Waals surface area contributed by atoms with Crippen molar-refractivity contribution in [3.05, 3.63) is 29.8 Å². The summed E-state index contributed by atoms with van der Waals surface area (Å²) in [5, 5.41) is 5.70. The van der Waals surface area contributed by atoms with Gasteiger partial charge in [0, 0.05) is 25.3 Å². The third kappa shape index (κ3) is 3.74. The van der Waals surface area contributed by atoms with Crippen molar-refractivity contribution in [2.75, 3.05) is 25.5 Å². The Morgan fingerprint density at radius 3 is 2.76 bits per heavy atom. The van der Waals surface area contributed by atoms with Crippen molar-refractivity contribution in [1.82, 2.24) is 10.2 Å². The maximum absolute atomic E-state index is 12.3. The average Bonchev–Trinajstić information content (AvgIpc) is 2.52. The number of likely N-dealkylation sites (tertiary alicyclic amines) is 1. The molecule has 114 valence electrons. The second-order valence-corrected chi connectivity index (χ2v) is 5.41. The highest BCUT2D eigenvalue weighted by Crippen LogP contribution is 2.18. The number of nitrogens with zero attached hydrogens (tertiary/aromatic N) is 1. The van der Waals surface area contributed by atoms with E-state index in [0.717, 1.165) is 19.4 Å². The Kier molecular flexibility index (Phi) is 5.20. The second kappa shape index (κ2) is 7.11. The second-order valence-electron chi connectivity index (χ2n) is 5.41. The van der Waals surface area contributed by atoms with Gasteiger partial charge in [-0.15, -0.1) is 0 Å². The Labute approximate surface area is 125 Å². The van der Waals surface area contributed by atoms with Crippen molar-refractivity contribution in [3.63, 3.8) is 0 Å². The molecule has 0 radical (unpaired) electrons. The number of benzene rings is 1. The van der Waals surface area contributed by atoms with Crippen LogP contribution in [0.1, 0.15) is 36.5 Å². The predicted molar refractivity (Wildman–Crippen MR) is 83.3 cm³/mol. The number of amides is 2. The highest BCUT2D eigenvalue weighted by atomic mass is 16.2. The zero-order chi connectivity index (χ0) is 15.2. The molecule has 5 heteroatoms. The van der Waals surface area contributed by atoms with Crippen molar-refractivity contribution in [3.8, 4) is 0 Å². The summed E-state index contributed by atoms with van der Waals surface area (Å²) in [7, 11) is 1.60. The van der Waals surface area contributed by atoms with Crippen molar-refractivity contribution in [1.29, 1.82) is 0 Å². The van der Waals surface area contributed by atoms with Gasteiger partial charge in [0.25, 0.3) is 5.91 Å². The smallest absolute Gasteiger partial charge is 0.253 e. The molecule has 2 amide bonds. The summed E-state index contributed by atoms with van der Waals surface area (Å²) in [6, 6.07) is 7.53. The minimum absolute atomic E-state index is 0.0916. The first kappa shape index (κ1) is 15.4. The summed E-state index contributed by atoms with van der Waals surface area (Å²) in [5.74, 6) is -0.0641. The number of anilines is 1. The van der Waals surface area contributed by atoms with Crippen LogP contribution >= 0.6 is 0 Å². The number of rotatable bonds is 4. The zero-order valence-electron chi connectivity index (χ0n) is 12.7. The number of hydrogen-bond acceptors (Lipinski definition) is 3. The summed E-state index contributed by atoms with van der Waals surface area (Å²) in [6.45, 7) is 3.15. The van der Waals surface area contributed by atoms with Gasteiger partial charge in [0.1, 0.15) is 0 Å². The molecule has 21 heavy (non-hydrogen) atoms. The summed E-state index contributed by atoms with van der Waals surface area (Å²) in [4.78, 5) is 26.0. The van der Waals surface area contributed by atoms with Gasteiger partial charge in [-0.25, -0.2) is 0 Å². The average molecular weight is 289 g/mol. The lowest BCUT2D eigenvalue weighted by Gasteiger charge is -2.33. The SMILES string of the molecule is CNC(=O)c1ccccc1NCC(=O)N1CCCCC1C. The fourth-order valence-electron chi connectivity index (χ4n) is 2.71. The van der Waals surface area contributed by atoms with Crippen LogP contribution in [0.4, 0.5) is 5.69 Å². The Morgan fingerprint density at radius 1 is 1.29 bits per heavy atom. The van der Waals surface area contributed by atoms with Crippen molar-refractivity contribution in [2.24, 2.45) is 0 Å².